The first-order chi connectivity index (χ1) is 7.86. The maximum atomic E-state index is 10.9. The zero-order valence-corrected chi connectivity index (χ0v) is 10.3. The molecule has 92 valence electrons. The Hall–Kier alpha value is -1.55. The van der Waals surface area contributed by atoms with Crippen molar-refractivity contribution in [2.75, 3.05) is 6.61 Å². The average molecular weight is 257 g/mol. The van der Waals surface area contributed by atoms with Crippen LogP contribution in [0.4, 0.5) is 0 Å². The van der Waals surface area contributed by atoms with E-state index in [-0.39, 0.29) is 11.6 Å². The number of rotatable bonds is 5. The summed E-state index contributed by atoms with van der Waals surface area (Å²) in [7, 11) is 0. The summed E-state index contributed by atoms with van der Waals surface area (Å²) in [5, 5.41) is 9.20. The third-order valence-corrected chi connectivity index (χ3v) is 2.55. The summed E-state index contributed by atoms with van der Waals surface area (Å²) in [6, 6.07) is 4.57. The molecule has 0 atom stereocenters. The van der Waals surface area contributed by atoms with Gasteiger partial charge in [0.05, 0.1) is 10.4 Å². The molecule has 0 fully saturated rings. The van der Waals surface area contributed by atoms with Crippen LogP contribution in [0.25, 0.3) is 0 Å². The van der Waals surface area contributed by atoms with Crippen molar-refractivity contribution in [3.8, 4) is 5.75 Å². The summed E-state index contributed by atoms with van der Waals surface area (Å²) in [6.07, 6.45) is 0.677. The third kappa shape index (κ3) is 3.46. The molecule has 1 aromatic rings. The van der Waals surface area contributed by atoms with E-state index < -0.39 is 11.4 Å². The molecule has 0 heterocycles. The molecule has 0 saturated carbocycles. The molecule has 1 N–H and O–H groups in total. The Morgan fingerprint density at radius 3 is 2.65 bits per heavy atom. The monoisotopic (exact) mass is 256 g/mol. The second-order valence-electron chi connectivity index (χ2n) is 4.29. The molecule has 0 aromatic heterocycles. The number of benzene rings is 1. The highest BCUT2D eigenvalue weighted by Gasteiger charge is 2.28. The van der Waals surface area contributed by atoms with Gasteiger partial charge in [-0.3, -0.25) is 9.59 Å². The van der Waals surface area contributed by atoms with Crippen molar-refractivity contribution in [1.29, 1.82) is 0 Å². The van der Waals surface area contributed by atoms with Crippen molar-refractivity contribution in [2.45, 2.75) is 13.8 Å². The summed E-state index contributed by atoms with van der Waals surface area (Å²) < 4.78 is 5.33. The molecule has 0 aliphatic carbocycles. The van der Waals surface area contributed by atoms with Gasteiger partial charge >= 0.3 is 5.97 Å². The highest BCUT2D eigenvalue weighted by Crippen LogP contribution is 2.27. The van der Waals surface area contributed by atoms with Crippen LogP contribution in [-0.2, 0) is 4.79 Å². The molecule has 1 rings (SSSR count). The number of aldehydes is 1. The molecule has 17 heavy (non-hydrogen) atoms. The quantitative estimate of drug-likeness (QED) is 0.823. The molecule has 0 saturated heterocycles. The Balaban J connectivity index is 2.76. The normalized spacial score (nSPS) is 11.0. The van der Waals surface area contributed by atoms with Crippen molar-refractivity contribution in [2.24, 2.45) is 5.41 Å². The number of ether oxygens (including phenoxy) is 1. The summed E-state index contributed by atoms with van der Waals surface area (Å²) in [5.41, 5.74) is -0.549. The van der Waals surface area contributed by atoms with Gasteiger partial charge in [-0.1, -0.05) is 11.6 Å². The molecule has 0 unspecified atom stereocenters. The van der Waals surface area contributed by atoms with Gasteiger partial charge in [-0.15, -0.1) is 0 Å². The largest absolute Gasteiger partial charge is 0.491 e. The Bertz CT molecular complexity index is 440. The fourth-order valence-electron chi connectivity index (χ4n) is 1.03. The summed E-state index contributed by atoms with van der Waals surface area (Å²) in [6.45, 7) is 3.12. The van der Waals surface area contributed by atoms with E-state index in [0.29, 0.717) is 17.6 Å². The number of hydrogen-bond acceptors (Lipinski definition) is 3. The number of carboxylic acid groups (broad SMARTS) is 1. The predicted molar refractivity (Wildman–Crippen MR) is 63.8 cm³/mol. The fraction of sp³-hybridized carbons (Fsp3) is 0.333. The van der Waals surface area contributed by atoms with Crippen molar-refractivity contribution >= 4 is 23.9 Å². The van der Waals surface area contributed by atoms with Crippen LogP contribution in [0.2, 0.25) is 5.02 Å². The van der Waals surface area contributed by atoms with Gasteiger partial charge in [0.15, 0.2) is 0 Å². The van der Waals surface area contributed by atoms with Crippen molar-refractivity contribution < 1.29 is 19.4 Å². The Kier molecular flexibility index (Phi) is 4.12. The second kappa shape index (κ2) is 5.19. The fourth-order valence-corrected chi connectivity index (χ4v) is 1.27. The Morgan fingerprint density at radius 1 is 1.53 bits per heavy atom. The Labute approximate surface area is 104 Å². The molecule has 0 spiro atoms. The van der Waals surface area contributed by atoms with Gasteiger partial charge in [0.1, 0.15) is 18.6 Å². The minimum absolute atomic E-state index is 0.00247. The SMILES string of the molecule is CC(C)(COc1ccc(C=O)cc1Cl)C(=O)O. The van der Waals surface area contributed by atoms with Crippen molar-refractivity contribution in [3.05, 3.63) is 28.8 Å². The lowest BCUT2D eigenvalue weighted by molar-refractivity contribution is -0.148. The molecule has 1 aromatic carbocycles. The first-order valence-electron chi connectivity index (χ1n) is 4.98. The first-order valence-corrected chi connectivity index (χ1v) is 5.35. The average Bonchev–Trinajstić information content (AvgIpc) is 2.27. The predicted octanol–water partition coefficient (Wildman–Crippen LogP) is 2.64. The third-order valence-electron chi connectivity index (χ3n) is 2.26. The number of hydrogen-bond donors (Lipinski definition) is 1. The van der Waals surface area contributed by atoms with Crippen LogP contribution in [-0.4, -0.2) is 24.0 Å². The highest BCUT2D eigenvalue weighted by molar-refractivity contribution is 6.32. The molecule has 4 nitrogen and oxygen atoms in total. The van der Waals surface area contributed by atoms with E-state index in [1.165, 1.54) is 6.07 Å². The van der Waals surface area contributed by atoms with E-state index in [1.807, 2.05) is 0 Å². The maximum absolute atomic E-state index is 10.9. The molecule has 0 aliphatic heterocycles. The van der Waals surface area contributed by atoms with Crippen LogP contribution in [0.1, 0.15) is 24.2 Å². The van der Waals surface area contributed by atoms with E-state index in [1.54, 1.807) is 26.0 Å². The van der Waals surface area contributed by atoms with Gasteiger partial charge in [0.2, 0.25) is 0 Å². The number of carbonyl (C=O) groups excluding carboxylic acids is 1. The summed E-state index contributed by atoms with van der Waals surface area (Å²) in [4.78, 5) is 21.4. The van der Waals surface area contributed by atoms with Gasteiger partial charge in [-0.2, -0.15) is 0 Å². The zero-order chi connectivity index (χ0) is 13.1. The van der Waals surface area contributed by atoms with Gasteiger partial charge in [0, 0.05) is 5.56 Å². The molecular formula is C12H13ClO4. The van der Waals surface area contributed by atoms with Crippen LogP contribution >= 0.6 is 11.6 Å². The van der Waals surface area contributed by atoms with E-state index in [9.17, 15) is 9.59 Å². The minimum atomic E-state index is -0.993. The standard InChI is InChI=1S/C12H13ClO4/c1-12(2,11(15)16)7-17-10-4-3-8(6-14)5-9(10)13/h3-6H,7H2,1-2H3,(H,15,16). The molecular weight excluding hydrogens is 244 g/mol. The second-order valence-corrected chi connectivity index (χ2v) is 4.69. The summed E-state index contributed by atoms with van der Waals surface area (Å²) >= 11 is 5.89. The van der Waals surface area contributed by atoms with Crippen LogP contribution in [0, 0.1) is 5.41 Å². The maximum Gasteiger partial charge on any atom is 0.312 e. The van der Waals surface area contributed by atoms with E-state index in [4.69, 9.17) is 21.4 Å². The lowest BCUT2D eigenvalue weighted by Gasteiger charge is -2.19. The smallest absolute Gasteiger partial charge is 0.312 e. The molecule has 0 radical (unpaired) electrons. The Morgan fingerprint density at radius 2 is 2.18 bits per heavy atom. The number of aliphatic carboxylic acids is 1. The number of carbonyl (C=O) groups is 2. The van der Waals surface area contributed by atoms with Crippen molar-refractivity contribution in [1.82, 2.24) is 0 Å². The minimum Gasteiger partial charge on any atom is -0.491 e. The first kappa shape index (κ1) is 13.5. The number of halogens is 1. The summed E-state index contributed by atoms with van der Waals surface area (Å²) in [5.74, 6) is -0.579. The van der Waals surface area contributed by atoms with E-state index >= 15 is 0 Å². The van der Waals surface area contributed by atoms with Gasteiger partial charge in [0.25, 0.3) is 0 Å². The lowest BCUT2D eigenvalue weighted by atomic mass is 9.95. The topological polar surface area (TPSA) is 63.6 Å². The number of carboxylic acids is 1. The van der Waals surface area contributed by atoms with E-state index in [2.05, 4.69) is 0 Å². The highest BCUT2D eigenvalue weighted by atomic mass is 35.5. The van der Waals surface area contributed by atoms with Crippen LogP contribution < -0.4 is 4.74 Å². The lowest BCUT2D eigenvalue weighted by Crippen LogP contribution is -2.30. The van der Waals surface area contributed by atoms with Crippen LogP contribution in [0.5, 0.6) is 5.75 Å². The molecule has 0 amide bonds. The van der Waals surface area contributed by atoms with Crippen LogP contribution in [0.15, 0.2) is 18.2 Å². The van der Waals surface area contributed by atoms with Crippen molar-refractivity contribution in [3.63, 3.8) is 0 Å². The van der Waals surface area contributed by atoms with E-state index in [0.717, 1.165) is 0 Å². The molecule has 0 aliphatic rings. The van der Waals surface area contributed by atoms with Crippen LogP contribution in [0.3, 0.4) is 0 Å². The zero-order valence-electron chi connectivity index (χ0n) is 9.57. The van der Waals surface area contributed by atoms with Gasteiger partial charge in [-0.25, -0.2) is 0 Å². The molecule has 0 bridgehead atoms. The van der Waals surface area contributed by atoms with Gasteiger partial charge < -0.3 is 9.84 Å². The van der Waals surface area contributed by atoms with Gasteiger partial charge in [-0.05, 0) is 32.0 Å². The molecule has 5 heteroatoms.